The summed E-state index contributed by atoms with van der Waals surface area (Å²) >= 11 is 0. The van der Waals surface area contributed by atoms with Crippen molar-refractivity contribution in [3.05, 3.63) is 0 Å². The Balaban J connectivity index is 2.63. The van der Waals surface area contributed by atoms with Crippen molar-refractivity contribution in [1.82, 2.24) is 9.62 Å². The predicted octanol–water partition coefficient (Wildman–Crippen LogP) is -0.383. The largest absolute Gasteiger partial charge is 0.342 e. The molecule has 1 saturated heterocycles. The maximum Gasteiger partial charge on any atom is 0.232 e. The third kappa shape index (κ3) is 3.22. The number of hydrogen-bond donors (Lipinski definition) is 1. The van der Waals surface area contributed by atoms with E-state index in [2.05, 4.69) is 9.71 Å². The highest BCUT2D eigenvalue weighted by Gasteiger charge is 2.17. The van der Waals surface area contributed by atoms with Crippen LogP contribution in [0.25, 0.3) is 0 Å². The molecule has 0 radical (unpaired) electrons. The molecule has 0 spiro atoms. The Kier molecular flexibility index (Phi) is 3.13. The summed E-state index contributed by atoms with van der Waals surface area (Å²) in [5.74, 6) is 0.458. The molecule has 0 saturated carbocycles. The lowest BCUT2D eigenvalue weighted by Crippen LogP contribution is -2.42. The molecular formula is C7H15N3O2S. The molecule has 1 aliphatic rings. The van der Waals surface area contributed by atoms with E-state index in [0.717, 1.165) is 32.2 Å². The monoisotopic (exact) mass is 205 g/mol. The van der Waals surface area contributed by atoms with Gasteiger partial charge in [-0.1, -0.05) is 0 Å². The summed E-state index contributed by atoms with van der Waals surface area (Å²) in [5, 5.41) is 0. The maximum absolute atomic E-state index is 10.9. The Bertz CT molecular complexity index is 291. The lowest BCUT2D eigenvalue weighted by molar-refractivity contribution is 0.503. The number of nitrogens with one attached hydrogen (secondary N) is 1. The molecule has 0 aliphatic carbocycles. The van der Waals surface area contributed by atoms with Crippen molar-refractivity contribution in [3.63, 3.8) is 0 Å². The van der Waals surface area contributed by atoms with Crippen molar-refractivity contribution in [2.75, 3.05) is 26.4 Å². The highest BCUT2D eigenvalue weighted by Crippen LogP contribution is 2.07. The molecule has 1 N–H and O–H groups in total. The topological polar surface area (TPSA) is 61.8 Å². The van der Waals surface area contributed by atoms with Crippen LogP contribution >= 0.6 is 0 Å². The van der Waals surface area contributed by atoms with Crippen LogP contribution in [-0.4, -0.2) is 45.7 Å². The van der Waals surface area contributed by atoms with Gasteiger partial charge in [-0.2, -0.15) is 0 Å². The minimum atomic E-state index is -3.20. The van der Waals surface area contributed by atoms with Crippen molar-refractivity contribution >= 4 is 16.0 Å². The quantitative estimate of drug-likeness (QED) is 0.469. The summed E-state index contributed by atoms with van der Waals surface area (Å²) < 4.78 is 24.3. The number of nitrogens with zero attached hydrogens (tertiary/aromatic N) is 2. The van der Waals surface area contributed by atoms with Gasteiger partial charge in [0.1, 0.15) is 0 Å². The Labute approximate surface area is 78.9 Å². The lowest BCUT2D eigenvalue weighted by Gasteiger charge is -2.19. The number of aliphatic imine (C=N–C) groups is 1. The van der Waals surface area contributed by atoms with Crippen LogP contribution in [0.5, 0.6) is 0 Å². The van der Waals surface area contributed by atoms with Crippen molar-refractivity contribution in [3.8, 4) is 0 Å². The molecule has 5 nitrogen and oxygen atoms in total. The minimum absolute atomic E-state index is 0.458. The third-order valence-corrected chi connectivity index (χ3v) is 2.45. The van der Waals surface area contributed by atoms with Gasteiger partial charge in [-0.3, -0.25) is 9.71 Å². The van der Waals surface area contributed by atoms with Gasteiger partial charge in [-0.25, -0.2) is 8.42 Å². The van der Waals surface area contributed by atoms with Gasteiger partial charge in [-0.05, 0) is 12.8 Å². The second-order valence-electron chi connectivity index (χ2n) is 3.12. The summed E-state index contributed by atoms with van der Waals surface area (Å²) in [6, 6.07) is 0. The van der Waals surface area contributed by atoms with Gasteiger partial charge in [0.2, 0.25) is 16.0 Å². The Morgan fingerprint density at radius 3 is 2.31 bits per heavy atom. The number of hydrogen-bond acceptors (Lipinski definition) is 3. The summed E-state index contributed by atoms with van der Waals surface area (Å²) in [4.78, 5) is 5.85. The third-order valence-electron chi connectivity index (χ3n) is 1.89. The van der Waals surface area contributed by atoms with Crippen molar-refractivity contribution in [1.29, 1.82) is 0 Å². The van der Waals surface area contributed by atoms with E-state index in [1.165, 1.54) is 0 Å². The smallest absolute Gasteiger partial charge is 0.232 e. The first-order valence-corrected chi connectivity index (χ1v) is 6.11. The van der Waals surface area contributed by atoms with Crippen LogP contribution < -0.4 is 4.72 Å². The molecule has 0 bridgehead atoms. The van der Waals surface area contributed by atoms with E-state index in [0.29, 0.717) is 5.96 Å². The van der Waals surface area contributed by atoms with Crippen LogP contribution in [0, 0.1) is 0 Å². The molecule has 0 unspecified atom stereocenters. The first-order valence-electron chi connectivity index (χ1n) is 4.22. The number of likely N-dealkylation sites (tertiary alicyclic amines) is 1. The Morgan fingerprint density at radius 2 is 1.92 bits per heavy atom. The van der Waals surface area contributed by atoms with E-state index < -0.39 is 10.0 Å². The normalized spacial score (nSPS) is 19.2. The number of rotatable bonds is 1. The molecule has 13 heavy (non-hydrogen) atoms. The van der Waals surface area contributed by atoms with E-state index in [4.69, 9.17) is 0 Å². The molecule has 1 fully saturated rings. The second-order valence-corrected chi connectivity index (χ2v) is 4.86. The van der Waals surface area contributed by atoms with Gasteiger partial charge < -0.3 is 4.90 Å². The van der Waals surface area contributed by atoms with E-state index >= 15 is 0 Å². The molecule has 0 atom stereocenters. The predicted molar refractivity (Wildman–Crippen MR) is 52.1 cm³/mol. The summed E-state index contributed by atoms with van der Waals surface area (Å²) in [7, 11) is -1.61. The molecule has 0 aromatic carbocycles. The number of guanidine groups is 1. The molecule has 1 aliphatic heterocycles. The van der Waals surface area contributed by atoms with Crippen LogP contribution in [0.2, 0.25) is 0 Å². The zero-order chi connectivity index (χ0) is 9.90. The highest BCUT2D eigenvalue weighted by atomic mass is 32.2. The Morgan fingerprint density at radius 1 is 1.38 bits per heavy atom. The van der Waals surface area contributed by atoms with E-state index in [1.807, 2.05) is 4.90 Å². The van der Waals surface area contributed by atoms with Gasteiger partial charge >= 0.3 is 0 Å². The van der Waals surface area contributed by atoms with Gasteiger partial charge in [0.25, 0.3) is 0 Å². The van der Waals surface area contributed by atoms with Gasteiger partial charge in [0.05, 0.1) is 6.26 Å². The molecular weight excluding hydrogens is 190 g/mol. The van der Waals surface area contributed by atoms with E-state index in [-0.39, 0.29) is 0 Å². The van der Waals surface area contributed by atoms with Gasteiger partial charge in [0, 0.05) is 20.1 Å². The first kappa shape index (κ1) is 10.3. The van der Waals surface area contributed by atoms with Crippen molar-refractivity contribution in [2.45, 2.75) is 12.8 Å². The van der Waals surface area contributed by atoms with Crippen LogP contribution in [0.4, 0.5) is 0 Å². The van der Waals surface area contributed by atoms with Gasteiger partial charge in [0.15, 0.2) is 0 Å². The van der Waals surface area contributed by atoms with Crippen LogP contribution in [-0.2, 0) is 10.0 Å². The average Bonchev–Trinajstić information content (AvgIpc) is 2.50. The zero-order valence-corrected chi connectivity index (χ0v) is 8.76. The second kappa shape index (κ2) is 3.95. The van der Waals surface area contributed by atoms with Crippen molar-refractivity contribution in [2.24, 2.45) is 4.99 Å². The average molecular weight is 205 g/mol. The number of sulfonamides is 1. The van der Waals surface area contributed by atoms with E-state index in [9.17, 15) is 8.42 Å². The van der Waals surface area contributed by atoms with E-state index in [1.54, 1.807) is 7.05 Å². The molecule has 1 rings (SSSR count). The summed E-state index contributed by atoms with van der Waals surface area (Å²) in [5.41, 5.74) is 0. The molecule has 0 aromatic heterocycles. The van der Waals surface area contributed by atoms with Crippen molar-refractivity contribution < 1.29 is 8.42 Å². The fraction of sp³-hybridized carbons (Fsp3) is 0.857. The molecule has 0 aromatic rings. The Hall–Kier alpha value is -0.780. The summed E-state index contributed by atoms with van der Waals surface area (Å²) in [6.07, 6.45) is 3.34. The summed E-state index contributed by atoms with van der Waals surface area (Å²) in [6.45, 7) is 1.77. The van der Waals surface area contributed by atoms with Crippen LogP contribution in [0.15, 0.2) is 4.99 Å². The van der Waals surface area contributed by atoms with Gasteiger partial charge in [-0.15, -0.1) is 0 Å². The molecule has 1 heterocycles. The molecule has 0 amide bonds. The maximum atomic E-state index is 10.9. The zero-order valence-electron chi connectivity index (χ0n) is 7.95. The lowest BCUT2D eigenvalue weighted by atomic mass is 10.4. The van der Waals surface area contributed by atoms with Crippen LogP contribution in [0.1, 0.15) is 12.8 Å². The first-order chi connectivity index (χ1) is 6.03. The minimum Gasteiger partial charge on any atom is -0.342 e. The molecule has 6 heteroatoms. The highest BCUT2D eigenvalue weighted by molar-refractivity contribution is 7.89. The fourth-order valence-electron chi connectivity index (χ4n) is 1.35. The fourth-order valence-corrected chi connectivity index (χ4v) is 1.90. The van der Waals surface area contributed by atoms with Crippen LogP contribution in [0.3, 0.4) is 0 Å². The molecule has 76 valence electrons. The SMILES string of the molecule is CN=C(NS(C)(=O)=O)N1CCCC1. The standard InChI is InChI=1S/C7H15N3O2S/c1-8-7(9-13(2,11)12)10-5-3-4-6-10/h3-6H2,1-2H3,(H,8,9).